The van der Waals surface area contributed by atoms with E-state index in [2.05, 4.69) is 16.7 Å². The number of nitriles is 1. The van der Waals surface area contributed by atoms with E-state index < -0.39 is 5.54 Å². The summed E-state index contributed by atoms with van der Waals surface area (Å²) in [6.07, 6.45) is 0.516. The molecule has 2 heterocycles. The topological polar surface area (TPSA) is 82.0 Å². The summed E-state index contributed by atoms with van der Waals surface area (Å²) in [5.74, 6) is -0.720. The van der Waals surface area contributed by atoms with Gasteiger partial charge >= 0.3 is 0 Å². The first kappa shape index (κ1) is 11.9. The van der Waals surface area contributed by atoms with Crippen molar-refractivity contribution < 1.29 is 9.59 Å². The first-order chi connectivity index (χ1) is 9.03. The number of nitrogens with one attached hydrogen (secondary N) is 2. The van der Waals surface area contributed by atoms with E-state index in [0.29, 0.717) is 12.0 Å². The highest BCUT2D eigenvalue weighted by Gasteiger charge is 2.54. The molecule has 2 fully saturated rings. The maximum atomic E-state index is 11.9. The number of fused-ring (bicyclic) bond motifs is 2. The van der Waals surface area contributed by atoms with Crippen LogP contribution in [-0.2, 0) is 9.59 Å². The maximum Gasteiger partial charge on any atom is 0.246 e. The Morgan fingerprint density at radius 2 is 2.00 bits per heavy atom. The molecule has 0 radical (unpaired) electrons. The second-order valence-corrected chi connectivity index (χ2v) is 5.32. The van der Waals surface area contributed by atoms with Gasteiger partial charge in [-0.25, -0.2) is 0 Å². The zero-order valence-electron chi connectivity index (χ0n) is 10.4. The Hall–Kier alpha value is -2.19. The summed E-state index contributed by atoms with van der Waals surface area (Å²) < 4.78 is 0. The largest absolute Gasteiger partial charge is 0.296 e. The van der Waals surface area contributed by atoms with E-state index >= 15 is 0 Å². The van der Waals surface area contributed by atoms with Crippen LogP contribution in [0.4, 0.5) is 0 Å². The molecule has 2 N–H and O–H groups in total. The Bertz CT molecular complexity index is 602. The Kier molecular flexibility index (Phi) is 2.44. The first-order valence-corrected chi connectivity index (χ1v) is 6.16. The van der Waals surface area contributed by atoms with Crippen LogP contribution < -0.4 is 10.6 Å². The molecule has 0 spiro atoms. The first-order valence-electron chi connectivity index (χ1n) is 6.16. The molecule has 1 aromatic carbocycles. The SMILES string of the molecule is C[C@@]12C[C@@H](C(=O)NC1=O)[C@@H](c1ccc(C#N)cc1)N2. The normalized spacial score (nSPS) is 32.8. The third kappa shape index (κ3) is 1.72. The summed E-state index contributed by atoms with van der Waals surface area (Å²) in [5.41, 5.74) is 0.825. The van der Waals surface area contributed by atoms with Gasteiger partial charge < -0.3 is 0 Å². The molecule has 3 rings (SSSR count). The lowest BCUT2D eigenvalue weighted by molar-refractivity contribution is -0.138. The van der Waals surface area contributed by atoms with Crippen molar-refractivity contribution in [1.29, 1.82) is 5.26 Å². The van der Waals surface area contributed by atoms with Crippen LogP contribution in [0.2, 0.25) is 0 Å². The fourth-order valence-corrected chi connectivity index (χ4v) is 2.89. The summed E-state index contributed by atoms with van der Waals surface area (Å²) in [6, 6.07) is 8.99. The second kappa shape index (κ2) is 3.90. The highest BCUT2D eigenvalue weighted by Crippen LogP contribution is 2.40. The molecule has 2 saturated heterocycles. The summed E-state index contributed by atoms with van der Waals surface area (Å²) in [4.78, 5) is 23.7. The quantitative estimate of drug-likeness (QED) is 0.721. The molecule has 2 aliphatic rings. The summed E-state index contributed by atoms with van der Waals surface area (Å²) in [6.45, 7) is 1.81. The summed E-state index contributed by atoms with van der Waals surface area (Å²) in [7, 11) is 0. The van der Waals surface area contributed by atoms with Gasteiger partial charge in [0.25, 0.3) is 0 Å². The van der Waals surface area contributed by atoms with Crippen LogP contribution in [0.15, 0.2) is 24.3 Å². The van der Waals surface area contributed by atoms with Crippen LogP contribution >= 0.6 is 0 Å². The maximum absolute atomic E-state index is 11.9. The molecular formula is C14H13N3O2. The van der Waals surface area contributed by atoms with Crippen molar-refractivity contribution in [2.45, 2.75) is 24.9 Å². The summed E-state index contributed by atoms with van der Waals surface area (Å²) in [5, 5.41) is 14.4. The number of amides is 2. The molecule has 96 valence electrons. The van der Waals surface area contributed by atoms with Crippen molar-refractivity contribution in [2.75, 3.05) is 0 Å². The molecule has 2 amide bonds. The van der Waals surface area contributed by atoms with Crippen molar-refractivity contribution >= 4 is 11.8 Å². The molecule has 5 heteroatoms. The van der Waals surface area contributed by atoms with E-state index in [1.54, 1.807) is 12.1 Å². The van der Waals surface area contributed by atoms with Gasteiger partial charge in [0, 0.05) is 6.04 Å². The van der Waals surface area contributed by atoms with Gasteiger partial charge in [-0.15, -0.1) is 0 Å². The van der Waals surface area contributed by atoms with Crippen LogP contribution in [0.5, 0.6) is 0 Å². The number of rotatable bonds is 1. The highest BCUT2D eigenvalue weighted by atomic mass is 16.2. The van der Waals surface area contributed by atoms with Crippen LogP contribution in [0.1, 0.15) is 30.5 Å². The predicted octanol–water partition coefficient (Wildman–Crippen LogP) is 0.624. The number of carbonyl (C=O) groups excluding carboxylic acids is 2. The summed E-state index contributed by atoms with van der Waals surface area (Å²) >= 11 is 0. The fourth-order valence-electron chi connectivity index (χ4n) is 2.89. The molecule has 19 heavy (non-hydrogen) atoms. The van der Waals surface area contributed by atoms with Gasteiger partial charge in [0.2, 0.25) is 11.8 Å². The lowest BCUT2D eigenvalue weighted by Crippen LogP contribution is -2.55. The zero-order chi connectivity index (χ0) is 13.6. The van der Waals surface area contributed by atoms with Gasteiger partial charge in [-0.05, 0) is 31.0 Å². The van der Waals surface area contributed by atoms with Crippen molar-refractivity contribution in [3.63, 3.8) is 0 Å². The minimum Gasteiger partial charge on any atom is -0.296 e. The molecule has 3 atom stereocenters. The number of benzene rings is 1. The van der Waals surface area contributed by atoms with Gasteiger partial charge in [-0.1, -0.05) is 12.1 Å². The number of imide groups is 1. The lowest BCUT2D eigenvalue weighted by Gasteiger charge is -2.26. The fraction of sp³-hybridized carbons (Fsp3) is 0.357. The Balaban J connectivity index is 1.96. The van der Waals surface area contributed by atoms with Crippen LogP contribution in [0.3, 0.4) is 0 Å². The number of carbonyl (C=O) groups is 2. The number of hydrogen-bond donors (Lipinski definition) is 2. The van der Waals surface area contributed by atoms with Crippen molar-refractivity contribution in [3.05, 3.63) is 35.4 Å². The molecule has 0 unspecified atom stereocenters. The van der Waals surface area contributed by atoms with Gasteiger partial charge in [0.1, 0.15) is 0 Å². The Morgan fingerprint density at radius 3 is 2.63 bits per heavy atom. The zero-order valence-corrected chi connectivity index (χ0v) is 10.4. The van der Waals surface area contributed by atoms with E-state index in [-0.39, 0.29) is 23.8 Å². The molecule has 2 bridgehead atoms. The van der Waals surface area contributed by atoms with Crippen LogP contribution in [0.25, 0.3) is 0 Å². The third-order valence-corrected chi connectivity index (χ3v) is 3.98. The monoisotopic (exact) mass is 255 g/mol. The minimum absolute atomic E-state index is 0.177. The smallest absolute Gasteiger partial charge is 0.246 e. The van der Waals surface area contributed by atoms with Gasteiger partial charge in [0.05, 0.1) is 23.1 Å². The molecule has 5 nitrogen and oxygen atoms in total. The Labute approximate surface area is 110 Å². The molecule has 0 saturated carbocycles. The van der Waals surface area contributed by atoms with Gasteiger partial charge in [-0.3, -0.25) is 20.2 Å². The van der Waals surface area contributed by atoms with Gasteiger partial charge in [0.15, 0.2) is 0 Å². The molecule has 1 aromatic rings. The van der Waals surface area contributed by atoms with E-state index in [9.17, 15) is 9.59 Å². The molecule has 0 aromatic heterocycles. The number of hydrogen-bond acceptors (Lipinski definition) is 4. The third-order valence-electron chi connectivity index (χ3n) is 3.98. The van der Waals surface area contributed by atoms with Crippen LogP contribution in [0, 0.1) is 17.2 Å². The average molecular weight is 255 g/mol. The predicted molar refractivity (Wildman–Crippen MR) is 66.7 cm³/mol. The van der Waals surface area contributed by atoms with E-state index in [4.69, 9.17) is 5.26 Å². The Morgan fingerprint density at radius 1 is 1.32 bits per heavy atom. The van der Waals surface area contributed by atoms with E-state index in [1.165, 1.54) is 0 Å². The van der Waals surface area contributed by atoms with E-state index in [1.807, 2.05) is 19.1 Å². The van der Waals surface area contributed by atoms with Crippen molar-refractivity contribution in [3.8, 4) is 6.07 Å². The second-order valence-electron chi connectivity index (χ2n) is 5.32. The van der Waals surface area contributed by atoms with Crippen LogP contribution in [-0.4, -0.2) is 17.4 Å². The number of nitrogens with zero attached hydrogens (tertiary/aromatic N) is 1. The standard InChI is InChI=1S/C14H13N3O2/c1-14-6-10(12(18)16-13(14)19)11(17-14)9-4-2-8(7-15)3-5-9/h2-5,10-11,17H,6H2,1H3,(H,16,18,19)/t10-,11-,14-/m1/s1. The van der Waals surface area contributed by atoms with E-state index in [0.717, 1.165) is 5.56 Å². The molecule has 2 aliphatic heterocycles. The average Bonchev–Trinajstić information content (AvgIpc) is 2.74. The molecular weight excluding hydrogens is 242 g/mol. The van der Waals surface area contributed by atoms with Crippen molar-refractivity contribution in [2.24, 2.45) is 5.92 Å². The number of piperidine rings is 1. The highest BCUT2D eigenvalue weighted by molar-refractivity contribution is 6.05. The van der Waals surface area contributed by atoms with Crippen molar-refractivity contribution in [1.82, 2.24) is 10.6 Å². The lowest BCUT2D eigenvalue weighted by atomic mass is 9.86. The van der Waals surface area contributed by atoms with Gasteiger partial charge in [-0.2, -0.15) is 5.26 Å². The molecule has 0 aliphatic carbocycles. The minimum atomic E-state index is -0.683.